The lowest BCUT2D eigenvalue weighted by atomic mass is 10.1. The molecule has 0 aliphatic carbocycles. The second-order valence-corrected chi connectivity index (χ2v) is 3.91. The summed E-state index contributed by atoms with van der Waals surface area (Å²) < 4.78 is 0. The normalized spacial score (nSPS) is 9.76. The van der Waals surface area contributed by atoms with Crippen molar-refractivity contribution in [1.29, 1.82) is 0 Å². The summed E-state index contributed by atoms with van der Waals surface area (Å²) in [5.41, 5.74) is 0.708. The Hall–Kier alpha value is -2.04. The minimum Gasteiger partial charge on any atom is -0.508 e. The highest BCUT2D eigenvalue weighted by atomic mass is 16.3. The molecule has 0 aromatic heterocycles. The molecule has 0 aliphatic rings. The lowest BCUT2D eigenvalue weighted by Crippen LogP contribution is -2.36. The molecule has 5 heteroatoms. The molecule has 2 amide bonds. The molecule has 0 heterocycles. The first-order valence-corrected chi connectivity index (χ1v) is 5.24. The molecule has 5 nitrogen and oxygen atoms in total. The molecule has 1 aromatic rings. The number of aromatic hydroxyl groups is 1. The molecule has 0 radical (unpaired) electrons. The van der Waals surface area contributed by atoms with Crippen LogP contribution in [0.5, 0.6) is 5.75 Å². The monoisotopic (exact) mass is 236 g/mol. The van der Waals surface area contributed by atoms with E-state index in [1.54, 1.807) is 26.2 Å². The molecule has 0 spiro atoms. The Morgan fingerprint density at radius 2 is 2.06 bits per heavy atom. The number of phenolic OH excluding ortho intramolecular Hbond substituents is 1. The van der Waals surface area contributed by atoms with Gasteiger partial charge in [-0.25, -0.2) is 0 Å². The number of likely N-dealkylation sites (N-methyl/N-ethyl adjacent to an activating group) is 1. The van der Waals surface area contributed by atoms with E-state index in [0.717, 1.165) is 0 Å². The van der Waals surface area contributed by atoms with Gasteiger partial charge in [0.1, 0.15) is 5.75 Å². The highest BCUT2D eigenvalue weighted by Crippen LogP contribution is 2.10. The Morgan fingerprint density at radius 3 is 2.65 bits per heavy atom. The van der Waals surface area contributed by atoms with Crippen molar-refractivity contribution < 1.29 is 14.7 Å². The fourth-order valence-corrected chi connectivity index (χ4v) is 1.25. The summed E-state index contributed by atoms with van der Waals surface area (Å²) in [6.07, 6.45) is 0.148. The van der Waals surface area contributed by atoms with Gasteiger partial charge in [0.2, 0.25) is 11.8 Å². The van der Waals surface area contributed by atoms with Crippen LogP contribution in [-0.4, -0.2) is 42.5 Å². The maximum atomic E-state index is 11.5. The molecule has 0 saturated heterocycles. The maximum Gasteiger partial charge on any atom is 0.241 e. The predicted octanol–water partition coefficient (Wildman–Crippen LogP) is 0.139. The number of nitrogens with zero attached hydrogens (tertiary/aromatic N) is 1. The van der Waals surface area contributed by atoms with Crippen LogP contribution >= 0.6 is 0 Å². The number of phenols is 1. The Balaban J connectivity index is 2.43. The third-order valence-corrected chi connectivity index (χ3v) is 2.21. The molecule has 0 saturated carbocycles. The van der Waals surface area contributed by atoms with Crippen LogP contribution in [0.4, 0.5) is 0 Å². The van der Waals surface area contributed by atoms with Gasteiger partial charge in [0.15, 0.2) is 0 Å². The minimum absolute atomic E-state index is 0.00928. The standard InChI is InChI=1S/C12H16N2O3/c1-14(2)12(17)8-13-11(16)7-9-4-3-5-10(15)6-9/h3-6,15H,7-8H2,1-2H3,(H,13,16). The number of hydrogen-bond donors (Lipinski definition) is 2. The van der Waals surface area contributed by atoms with E-state index in [2.05, 4.69) is 5.32 Å². The summed E-state index contributed by atoms with van der Waals surface area (Å²) in [7, 11) is 3.26. The lowest BCUT2D eigenvalue weighted by Gasteiger charge is -2.10. The quantitative estimate of drug-likeness (QED) is 0.781. The highest BCUT2D eigenvalue weighted by molar-refractivity contribution is 5.85. The fraction of sp³-hybridized carbons (Fsp3) is 0.333. The molecule has 92 valence electrons. The first-order chi connectivity index (χ1) is 7.99. The van der Waals surface area contributed by atoms with Gasteiger partial charge in [0.25, 0.3) is 0 Å². The number of hydrogen-bond acceptors (Lipinski definition) is 3. The molecular weight excluding hydrogens is 220 g/mol. The third-order valence-electron chi connectivity index (χ3n) is 2.21. The largest absolute Gasteiger partial charge is 0.508 e. The maximum absolute atomic E-state index is 11.5. The van der Waals surface area contributed by atoms with Crippen molar-refractivity contribution in [3.63, 3.8) is 0 Å². The van der Waals surface area contributed by atoms with E-state index in [4.69, 9.17) is 0 Å². The van der Waals surface area contributed by atoms with Crippen LogP contribution in [0.1, 0.15) is 5.56 Å². The van der Waals surface area contributed by atoms with Crippen LogP contribution in [0.3, 0.4) is 0 Å². The average Bonchev–Trinajstić information content (AvgIpc) is 2.25. The molecule has 0 atom stereocenters. The Bertz CT molecular complexity index is 416. The van der Waals surface area contributed by atoms with E-state index in [1.807, 2.05) is 0 Å². The van der Waals surface area contributed by atoms with Crippen molar-refractivity contribution in [2.75, 3.05) is 20.6 Å². The average molecular weight is 236 g/mol. The Morgan fingerprint density at radius 1 is 1.35 bits per heavy atom. The highest BCUT2D eigenvalue weighted by Gasteiger charge is 2.07. The number of benzene rings is 1. The van der Waals surface area contributed by atoms with Crippen LogP contribution in [0.15, 0.2) is 24.3 Å². The van der Waals surface area contributed by atoms with Gasteiger partial charge in [0, 0.05) is 14.1 Å². The van der Waals surface area contributed by atoms with E-state index in [-0.39, 0.29) is 30.5 Å². The van der Waals surface area contributed by atoms with Crippen molar-refractivity contribution in [3.05, 3.63) is 29.8 Å². The van der Waals surface area contributed by atoms with Crippen LogP contribution in [0.2, 0.25) is 0 Å². The molecular formula is C12H16N2O3. The lowest BCUT2D eigenvalue weighted by molar-refractivity contribution is -0.130. The van der Waals surface area contributed by atoms with Gasteiger partial charge in [-0.05, 0) is 17.7 Å². The van der Waals surface area contributed by atoms with Crippen molar-refractivity contribution in [2.24, 2.45) is 0 Å². The Labute approximate surface area is 100 Å². The van der Waals surface area contributed by atoms with Gasteiger partial charge in [-0.1, -0.05) is 12.1 Å². The number of carbonyl (C=O) groups is 2. The van der Waals surface area contributed by atoms with Crippen molar-refractivity contribution in [3.8, 4) is 5.75 Å². The van der Waals surface area contributed by atoms with E-state index in [0.29, 0.717) is 5.56 Å². The number of carbonyl (C=O) groups excluding carboxylic acids is 2. The summed E-state index contributed by atoms with van der Waals surface area (Å²) in [4.78, 5) is 24.1. The number of rotatable bonds is 4. The van der Waals surface area contributed by atoms with Gasteiger partial charge < -0.3 is 15.3 Å². The number of nitrogens with one attached hydrogen (secondary N) is 1. The summed E-state index contributed by atoms with van der Waals surface area (Å²) in [5, 5.41) is 11.7. The van der Waals surface area contributed by atoms with Gasteiger partial charge in [-0.2, -0.15) is 0 Å². The van der Waals surface area contributed by atoms with Crippen molar-refractivity contribution in [2.45, 2.75) is 6.42 Å². The zero-order valence-corrected chi connectivity index (χ0v) is 9.93. The van der Waals surface area contributed by atoms with E-state index < -0.39 is 0 Å². The van der Waals surface area contributed by atoms with E-state index in [9.17, 15) is 14.7 Å². The smallest absolute Gasteiger partial charge is 0.241 e. The summed E-state index contributed by atoms with van der Waals surface area (Å²) in [6, 6.07) is 6.47. The van der Waals surface area contributed by atoms with Crippen molar-refractivity contribution >= 4 is 11.8 Å². The molecule has 1 aromatic carbocycles. The SMILES string of the molecule is CN(C)C(=O)CNC(=O)Cc1cccc(O)c1. The molecule has 0 bridgehead atoms. The number of amides is 2. The zero-order valence-electron chi connectivity index (χ0n) is 9.93. The Kier molecular flexibility index (Phi) is 4.51. The fourth-order valence-electron chi connectivity index (χ4n) is 1.25. The molecule has 1 rings (SSSR count). The van der Waals surface area contributed by atoms with Crippen LogP contribution in [-0.2, 0) is 16.0 Å². The predicted molar refractivity (Wildman–Crippen MR) is 63.5 cm³/mol. The van der Waals surface area contributed by atoms with E-state index >= 15 is 0 Å². The summed E-state index contributed by atoms with van der Waals surface area (Å²) >= 11 is 0. The van der Waals surface area contributed by atoms with E-state index in [1.165, 1.54) is 17.0 Å². The van der Waals surface area contributed by atoms with Crippen LogP contribution in [0.25, 0.3) is 0 Å². The first kappa shape index (κ1) is 13.0. The van der Waals surface area contributed by atoms with Gasteiger partial charge in [-0.3, -0.25) is 9.59 Å². The minimum atomic E-state index is -0.245. The molecule has 17 heavy (non-hydrogen) atoms. The summed E-state index contributed by atoms with van der Waals surface area (Å²) in [5.74, 6) is -0.278. The van der Waals surface area contributed by atoms with Crippen LogP contribution in [0, 0.1) is 0 Å². The molecule has 0 aliphatic heterocycles. The molecule has 2 N–H and O–H groups in total. The van der Waals surface area contributed by atoms with Gasteiger partial charge in [-0.15, -0.1) is 0 Å². The zero-order chi connectivity index (χ0) is 12.8. The first-order valence-electron chi connectivity index (χ1n) is 5.24. The molecule has 0 fully saturated rings. The second-order valence-electron chi connectivity index (χ2n) is 3.91. The van der Waals surface area contributed by atoms with Crippen LogP contribution < -0.4 is 5.32 Å². The summed E-state index contributed by atoms with van der Waals surface area (Å²) in [6.45, 7) is -0.00928. The van der Waals surface area contributed by atoms with Gasteiger partial charge >= 0.3 is 0 Å². The van der Waals surface area contributed by atoms with Crippen molar-refractivity contribution in [1.82, 2.24) is 10.2 Å². The third kappa shape index (κ3) is 4.55. The topological polar surface area (TPSA) is 69.6 Å². The van der Waals surface area contributed by atoms with Gasteiger partial charge in [0.05, 0.1) is 13.0 Å². The molecule has 0 unspecified atom stereocenters. The second kappa shape index (κ2) is 5.89.